The van der Waals surface area contributed by atoms with Gasteiger partial charge < -0.3 is 5.32 Å². The van der Waals surface area contributed by atoms with Gasteiger partial charge in [-0.2, -0.15) is 0 Å². The van der Waals surface area contributed by atoms with Crippen molar-refractivity contribution >= 4 is 38.6 Å². The quantitative estimate of drug-likeness (QED) is 0.712. The van der Waals surface area contributed by atoms with Crippen LogP contribution in [0.3, 0.4) is 0 Å². The molecule has 2 N–H and O–H groups in total. The maximum Gasteiger partial charge on any atom is 0.272 e. The molecule has 2 heterocycles. The van der Waals surface area contributed by atoms with E-state index in [9.17, 15) is 8.42 Å². The Labute approximate surface area is 145 Å². The topological polar surface area (TPSA) is 71.1 Å². The number of rotatable bonds is 5. The van der Waals surface area contributed by atoms with Crippen molar-refractivity contribution in [2.24, 2.45) is 0 Å². The number of nitrogens with zero attached hydrogens (tertiary/aromatic N) is 1. The van der Waals surface area contributed by atoms with E-state index < -0.39 is 10.0 Å². The molecule has 0 fully saturated rings. The minimum absolute atomic E-state index is 0.266. The van der Waals surface area contributed by atoms with Crippen LogP contribution < -0.4 is 10.0 Å². The molecule has 0 amide bonds. The van der Waals surface area contributed by atoms with Crippen LogP contribution in [-0.2, 0) is 10.0 Å². The number of hydrogen-bond acceptors (Lipinski definition) is 5. The second-order valence-corrected chi connectivity index (χ2v) is 8.22. The lowest BCUT2D eigenvalue weighted by atomic mass is 10.1. The minimum atomic E-state index is -3.57. The molecule has 0 bridgehead atoms. The maximum atomic E-state index is 12.2. The summed E-state index contributed by atoms with van der Waals surface area (Å²) in [6.07, 6.45) is 1.61. The zero-order valence-corrected chi connectivity index (χ0v) is 14.9. The maximum absolute atomic E-state index is 12.2. The van der Waals surface area contributed by atoms with Gasteiger partial charge in [0, 0.05) is 5.69 Å². The summed E-state index contributed by atoms with van der Waals surface area (Å²) >= 11 is 1.17. The molecule has 0 saturated heterocycles. The zero-order chi connectivity index (χ0) is 17.2. The second kappa shape index (κ2) is 6.62. The van der Waals surface area contributed by atoms with E-state index in [2.05, 4.69) is 15.0 Å². The molecule has 0 aliphatic heterocycles. The summed E-state index contributed by atoms with van der Waals surface area (Å²) in [6.45, 7) is 4.07. The molecule has 7 heteroatoms. The fourth-order valence-electron chi connectivity index (χ4n) is 2.29. The van der Waals surface area contributed by atoms with Crippen molar-refractivity contribution in [1.29, 1.82) is 0 Å². The molecule has 0 radical (unpaired) electrons. The van der Waals surface area contributed by atoms with Crippen molar-refractivity contribution in [3.8, 4) is 0 Å². The van der Waals surface area contributed by atoms with Crippen LogP contribution in [0, 0.1) is 13.8 Å². The molecule has 2 aromatic heterocycles. The Morgan fingerprint density at radius 2 is 1.75 bits per heavy atom. The van der Waals surface area contributed by atoms with Crippen LogP contribution in [0.25, 0.3) is 0 Å². The van der Waals surface area contributed by atoms with Gasteiger partial charge in [-0.1, -0.05) is 24.3 Å². The third kappa shape index (κ3) is 3.58. The summed E-state index contributed by atoms with van der Waals surface area (Å²) in [4.78, 5) is 4.18. The van der Waals surface area contributed by atoms with Crippen molar-refractivity contribution in [3.05, 3.63) is 65.2 Å². The fraction of sp³-hybridized carbons (Fsp3) is 0.118. The van der Waals surface area contributed by atoms with Crippen LogP contribution >= 0.6 is 11.3 Å². The molecular formula is C17H17N3O2S2. The molecule has 0 spiro atoms. The number of para-hydroxylation sites is 1. The Kier molecular flexibility index (Phi) is 4.55. The number of anilines is 3. The summed E-state index contributed by atoms with van der Waals surface area (Å²) in [5.74, 6) is 0.287. The highest BCUT2D eigenvalue weighted by Gasteiger charge is 2.15. The standard InChI is InChI=1S/C17H17N3O2S2/c1-12-5-3-6-13(2)17(12)19-14-8-9-15(18-11-14)20-24(21,22)16-7-4-10-23-16/h3-11,19H,1-2H3,(H,18,20). The van der Waals surface area contributed by atoms with E-state index >= 15 is 0 Å². The molecule has 5 nitrogen and oxygen atoms in total. The predicted molar refractivity (Wildman–Crippen MR) is 98.6 cm³/mol. The van der Waals surface area contributed by atoms with Crippen molar-refractivity contribution in [2.45, 2.75) is 18.1 Å². The molecule has 0 aliphatic carbocycles. The lowest BCUT2D eigenvalue weighted by Crippen LogP contribution is -2.12. The highest BCUT2D eigenvalue weighted by atomic mass is 32.2. The third-order valence-corrected chi connectivity index (χ3v) is 6.27. The monoisotopic (exact) mass is 359 g/mol. The van der Waals surface area contributed by atoms with E-state index in [-0.39, 0.29) is 10.0 Å². The average molecular weight is 359 g/mol. The molecule has 0 saturated carbocycles. The Balaban J connectivity index is 1.77. The van der Waals surface area contributed by atoms with Gasteiger partial charge in [-0.3, -0.25) is 4.72 Å². The SMILES string of the molecule is Cc1cccc(C)c1Nc1ccc(NS(=O)(=O)c2cccs2)nc1. The largest absolute Gasteiger partial charge is 0.354 e. The molecule has 1 aromatic carbocycles. The summed E-state index contributed by atoms with van der Waals surface area (Å²) in [6, 6.07) is 12.8. The molecule has 3 rings (SSSR count). The van der Waals surface area contributed by atoms with E-state index in [0.29, 0.717) is 0 Å². The molecule has 124 valence electrons. The minimum Gasteiger partial charge on any atom is -0.354 e. The van der Waals surface area contributed by atoms with Crippen LogP contribution in [0.1, 0.15) is 11.1 Å². The third-order valence-electron chi connectivity index (χ3n) is 3.51. The first-order chi connectivity index (χ1) is 11.5. The van der Waals surface area contributed by atoms with Crippen LogP contribution in [-0.4, -0.2) is 13.4 Å². The van der Waals surface area contributed by atoms with Crippen molar-refractivity contribution in [3.63, 3.8) is 0 Å². The number of pyridine rings is 1. The summed E-state index contributed by atoms with van der Waals surface area (Å²) in [5.41, 5.74) is 4.10. The number of thiophene rings is 1. The van der Waals surface area contributed by atoms with Crippen molar-refractivity contribution in [2.75, 3.05) is 10.0 Å². The predicted octanol–water partition coefficient (Wildman–Crippen LogP) is 4.30. The van der Waals surface area contributed by atoms with E-state index in [1.807, 2.05) is 32.0 Å². The van der Waals surface area contributed by atoms with Gasteiger partial charge in [0.1, 0.15) is 10.0 Å². The van der Waals surface area contributed by atoms with Gasteiger partial charge >= 0.3 is 0 Å². The first kappa shape index (κ1) is 16.5. The lowest BCUT2D eigenvalue weighted by molar-refractivity contribution is 0.603. The summed E-state index contributed by atoms with van der Waals surface area (Å²) < 4.78 is 27.1. The van der Waals surface area contributed by atoms with E-state index in [0.717, 1.165) is 22.5 Å². The molecular weight excluding hydrogens is 342 g/mol. The highest BCUT2D eigenvalue weighted by Crippen LogP contribution is 2.25. The highest BCUT2D eigenvalue weighted by molar-refractivity contribution is 7.94. The number of benzene rings is 1. The van der Waals surface area contributed by atoms with Gasteiger partial charge in [-0.15, -0.1) is 11.3 Å². The second-order valence-electron chi connectivity index (χ2n) is 5.36. The van der Waals surface area contributed by atoms with E-state index in [1.165, 1.54) is 11.3 Å². The van der Waals surface area contributed by atoms with Crippen LogP contribution in [0.4, 0.5) is 17.2 Å². The Morgan fingerprint density at radius 1 is 1.00 bits per heavy atom. The first-order valence-corrected chi connectivity index (χ1v) is 9.67. The smallest absolute Gasteiger partial charge is 0.272 e. The molecule has 0 unspecified atom stereocenters. The van der Waals surface area contributed by atoms with Gasteiger partial charge in [-0.05, 0) is 48.6 Å². The molecule has 3 aromatic rings. The lowest BCUT2D eigenvalue weighted by Gasteiger charge is -2.13. The number of sulfonamides is 1. The number of nitrogens with one attached hydrogen (secondary N) is 2. The van der Waals surface area contributed by atoms with Crippen LogP contribution in [0.5, 0.6) is 0 Å². The Bertz CT molecular complexity index is 914. The van der Waals surface area contributed by atoms with E-state index in [4.69, 9.17) is 0 Å². The molecule has 0 atom stereocenters. The molecule has 0 aliphatic rings. The van der Waals surface area contributed by atoms with Gasteiger partial charge in [0.2, 0.25) is 0 Å². The first-order valence-electron chi connectivity index (χ1n) is 7.31. The van der Waals surface area contributed by atoms with Crippen molar-refractivity contribution < 1.29 is 8.42 Å². The fourth-order valence-corrected chi connectivity index (χ4v) is 4.29. The molecule has 24 heavy (non-hydrogen) atoms. The Hall–Kier alpha value is -2.38. The Morgan fingerprint density at radius 3 is 2.33 bits per heavy atom. The average Bonchev–Trinajstić information content (AvgIpc) is 3.08. The summed E-state index contributed by atoms with van der Waals surface area (Å²) in [7, 11) is -3.57. The van der Waals surface area contributed by atoms with Gasteiger partial charge in [0.05, 0.1) is 11.9 Å². The van der Waals surface area contributed by atoms with Crippen LogP contribution in [0.2, 0.25) is 0 Å². The van der Waals surface area contributed by atoms with E-state index in [1.54, 1.807) is 35.8 Å². The number of aromatic nitrogens is 1. The van der Waals surface area contributed by atoms with Gasteiger partial charge in [0.25, 0.3) is 10.0 Å². The summed E-state index contributed by atoms with van der Waals surface area (Å²) in [5, 5.41) is 5.04. The van der Waals surface area contributed by atoms with Gasteiger partial charge in [-0.25, -0.2) is 13.4 Å². The van der Waals surface area contributed by atoms with Crippen molar-refractivity contribution in [1.82, 2.24) is 4.98 Å². The van der Waals surface area contributed by atoms with Crippen LogP contribution in [0.15, 0.2) is 58.3 Å². The number of hydrogen-bond donors (Lipinski definition) is 2. The number of aryl methyl sites for hydroxylation is 2. The zero-order valence-electron chi connectivity index (χ0n) is 13.3. The van der Waals surface area contributed by atoms with Gasteiger partial charge in [0.15, 0.2) is 0 Å². The normalized spacial score (nSPS) is 11.2.